The van der Waals surface area contributed by atoms with E-state index in [4.69, 9.17) is 0 Å². The van der Waals surface area contributed by atoms with E-state index in [1.54, 1.807) is 17.4 Å². The van der Waals surface area contributed by atoms with Crippen LogP contribution in [0.2, 0.25) is 0 Å². The summed E-state index contributed by atoms with van der Waals surface area (Å²) in [7, 11) is 0. The third-order valence-electron chi connectivity index (χ3n) is 6.74. The van der Waals surface area contributed by atoms with Crippen LogP contribution in [0.3, 0.4) is 0 Å². The smallest absolute Gasteiger partial charge is 0.409 e. The number of carboxylic acid groups (broad SMARTS) is 1. The molecule has 8 heteroatoms. The highest BCUT2D eigenvalue weighted by Crippen LogP contribution is 2.32. The zero-order valence-corrected chi connectivity index (χ0v) is 21.7. The van der Waals surface area contributed by atoms with E-state index in [9.17, 15) is 14.7 Å². The zero-order chi connectivity index (χ0) is 25.5. The molecule has 0 spiro atoms. The van der Waals surface area contributed by atoms with Crippen LogP contribution in [0.4, 0.5) is 10.5 Å². The molecule has 1 aliphatic heterocycles. The number of hydrogen-bond acceptors (Lipinski definition) is 5. The number of carbonyl (C=O) groups is 2. The quantitative estimate of drug-likeness (QED) is 0.416. The number of nitrogens with one attached hydrogen (secondary N) is 1. The van der Waals surface area contributed by atoms with E-state index in [0.717, 1.165) is 43.9 Å². The highest BCUT2D eigenvalue weighted by atomic mass is 32.1. The molecule has 1 atom stereocenters. The molecule has 3 aromatic rings. The summed E-state index contributed by atoms with van der Waals surface area (Å²) in [5.41, 5.74) is 4.70. The van der Waals surface area contributed by atoms with Crippen molar-refractivity contribution in [1.29, 1.82) is 0 Å². The molecule has 190 valence electrons. The molecule has 0 bridgehead atoms. The Kier molecular flexibility index (Phi) is 8.74. The molecule has 2 amide bonds. The number of piperazine rings is 1. The summed E-state index contributed by atoms with van der Waals surface area (Å²) in [5.74, 6) is 0.0396. The van der Waals surface area contributed by atoms with E-state index in [2.05, 4.69) is 31.9 Å². The molecule has 0 radical (unpaired) electrons. The molecular weight excluding hydrogens is 472 g/mol. The lowest BCUT2D eigenvalue weighted by atomic mass is 9.94. The summed E-state index contributed by atoms with van der Waals surface area (Å²) in [6, 6.07) is 17.6. The van der Waals surface area contributed by atoms with Gasteiger partial charge >= 0.3 is 6.09 Å². The van der Waals surface area contributed by atoms with Crippen LogP contribution in [-0.2, 0) is 6.54 Å². The van der Waals surface area contributed by atoms with Gasteiger partial charge < -0.3 is 10.0 Å². The highest BCUT2D eigenvalue weighted by molar-refractivity contribution is 7.07. The lowest BCUT2D eigenvalue weighted by Crippen LogP contribution is -2.47. The molecule has 1 fully saturated rings. The van der Waals surface area contributed by atoms with Gasteiger partial charge in [0.1, 0.15) is 0 Å². The Morgan fingerprint density at radius 3 is 2.33 bits per heavy atom. The first-order chi connectivity index (χ1) is 17.5. The van der Waals surface area contributed by atoms with Gasteiger partial charge in [-0.15, -0.1) is 0 Å². The Morgan fingerprint density at radius 1 is 1.00 bits per heavy atom. The molecule has 2 heterocycles. The van der Waals surface area contributed by atoms with Gasteiger partial charge in [0.25, 0.3) is 5.91 Å². The third-order valence-corrected chi connectivity index (χ3v) is 7.47. The number of nitrogens with zero attached hydrogens (tertiary/aromatic N) is 3. The topological polar surface area (TPSA) is 76.1 Å². The maximum atomic E-state index is 12.8. The van der Waals surface area contributed by atoms with Crippen LogP contribution in [0.15, 0.2) is 65.4 Å². The number of rotatable bonds is 9. The van der Waals surface area contributed by atoms with Crippen LogP contribution in [0, 0.1) is 0 Å². The molecule has 2 N–H and O–H groups in total. The Bertz CT molecular complexity index is 1140. The SMILES string of the molecule is CCN(CC)C(=O)c1ccc(C(c2cccc(NC(=O)O)c2)N2CCN(Cc3ccsc3)CC2)cc1. The Balaban J connectivity index is 1.58. The monoisotopic (exact) mass is 506 g/mol. The fourth-order valence-electron chi connectivity index (χ4n) is 4.85. The van der Waals surface area contributed by atoms with E-state index >= 15 is 0 Å². The second kappa shape index (κ2) is 12.2. The van der Waals surface area contributed by atoms with Crippen molar-refractivity contribution < 1.29 is 14.7 Å². The second-order valence-corrected chi connectivity index (χ2v) is 9.78. The molecule has 1 unspecified atom stereocenters. The number of amides is 2. The molecule has 4 rings (SSSR count). The molecule has 0 saturated carbocycles. The first kappa shape index (κ1) is 25.9. The number of thiophene rings is 1. The van der Waals surface area contributed by atoms with Gasteiger partial charge in [-0.3, -0.25) is 19.9 Å². The summed E-state index contributed by atoms with van der Waals surface area (Å²) in [6.07, 6.45) is -1.08. The van der Waals surface area contributed by atoms with Crippen LogP contribution in [0.25, 0.3) is 0 Å². The van der Waals surface area contributed by atoms with Crippen molar-refractivity contribution in [3.63, 3.8) is 0 Å². The Hall–Kier alpha value is -3.20. The van der Waals surface area contributed by atoms with Gasteiger partial charge in [0.05, 0.1) is 6.04 Å². The van der Waals surface area contributed by atoms with Gasteiger partial charge in [-0.05, 0) is 71.6 Å². The predicted molar refractivity (Wildman–Crippen MR) is 145 cm³/mol. The lowest BCUT2D eigenvalue weighted by Gasteiger charge is -2.40. The standard InChI is InChI=1S/C28H34N4O3S/c1-3-31(4-2)27(33)23-10-8-22(9-11-23)26(24-6-5-7-25(18-24)29-28(34)35)32-15-13-30(14-16-32)19-21-12-17-36-20-21/h5-12,17-18,20,26,29H,3-4,13-16,19H2,1-2H3,(H,34,35). The maximum absolute atomic E-state index is 12.8. The largest absolute Gasteiger partial charge is 0.465 e. The highest BCUT2D eigenvalue weighted by Gasteiger charge is 2.27. The maximum Gasteiger partial charge on any atom is 0.409 e. The summed E-state index contributed by atoms with van der Waals surface area (Å²) < 4.78 is 0. The van der Waals surface area contributed by atoms with Gasteiger partial charge in [0, 0.05) is 57.1 Å². The first-order valence-corrected chi connectivity index (χ1v) is 13.4. The van der Waals surface area contributed by atoms with Crippen molar-refractivity contribution >= 4 is 29.0 Å². The number of benzene rings is 2. The van der Waals surface area contributed by atoms with Gasteiger partial charge in [-0.25, -0.2) is 4.79 Å². The fourth-order valence-corrected chi connectivity index (χ4v) is 5.51. The van der Waals surface area contributed by atoms with Crippen molar-refractivity contribution in [3.8, 4) is 0 Å². The van der Waals surface area contributed by atoms with Crippen LogP contribution in [0.1, 0.15) is 46.9 Å². The van der Waals surface area contributed by atoms with E-state index in [0.29, 0.717) is 24.3 Å². The average molecular weight is 507 g/mol. The van der Waals surface area contributed by atoms with Gasteiger partial charge in [-0.1, -0.05) is 24.3 Å². The van der Waals surface area contributed by atoms with E-state index in [1.807, 2.05) is 61.2 Å². The summed E-state index contributed by atoms with van der Waals surface area (Å²) in [4.78, 5) is 30.8. The minimum atomic E-state index is -1.08. The number of hydrogen-bond donors (Lipinski definition) is 2. The van der Waals surface area contributed by atoms with Crippen molar-refractivity contribution in [2.24, 2.45) is 0 Å². The molecule has 7 nitrogen and oxygen atoms in total. The minimum absolute atomic E-state index is 0.0396. The number of anilines is 1. The van der Waals surface area contributed by atoms with Crippen molar-refractivity contribution in [2.75, 3.05) is 44.6 Å². The van der Waals surface area contributed by atoms with Crippen LogP contribution in [-0.4, -0.2) is 71.1 Å². The van der Waals surface area contributed by atoms with Crippen molar-refractivity contribution in [2.45, 2.75) is 26.4 Å². The Morgan fingerprint density at radius 2 is 1.72 bits per heavy atom. The minimum Gasteiger partial charge on any atom is -0.465 e. The van der Waals surface area contributed by atoms with Crippen molar-refractivity contribution in [3.05, 3.63) is 87.6 Å². The van der Waals surface area contributed by atoms with Crippen LogP contribution >= 0.6 is 11.3 Å². The Labute approximate surface area is 217 Å². The first-order valence-electron chi connectivity index (χ1n) is 12.4. The van der Waals surface area contributed by atoms with Crippen LogP contribution < -0.4 is 5.32 Å². The van der Waals surface area contributed by atoms with Gasteiger partial charge in [0.2, 0.25) is 0 Å². The zero-order valence-electron chi connectivity index (χ0n) is 20.9. The normalized spacial score (nSPS) is 15.4. The van der Waals surface area contributed by atoms with Crippen LogP contribution in [0.5, 0.6) is 0 Å². The molecule has 36 heavy (non-hydrogen) atoms. The van der Waals surface area contributed by atoms with Gasteiger partial charge in [0.15, 0.2) is 0 Å². The summed E-state index contributed by atoms with van der Waals surface area (Å²) >= 11 is 1.73. The van der Waals surface area contributed by atoms with E-state index in [-0.39, 0.29) is 11.9 Å². The summed E-state index contributed by atoms with van der Waals surface area (Å²) in [5, 5.41) is 16.0. The van der Waals surface area contributed by atoms with Crippen molar-refractivity contribution in [1.82, 2.24) is 14.7 Å². The average Bonchev–Trinajstić information content (AvgIpc) is 3.39. The fraction of sp³-hybridized carbons (Fsp3) is 0.357. The third kappa shape index (κ3) is 6.32. The molecule has 0 aliphatic carbocycles. The molecule has 2 aromatic carbocycles. The van der Waals surface area contributed by atoms with E-state index in [1.165, 1.54) is 5.56 Å². The number of carbonyl (C=O) groups excluding carboxylic acids is 1. The molecule has 1 aliphatic rings. The lowest BCUT2D eigenvalue weighted by molar-refractivity contribution is 0.0772. The molecule has 1 aromatic heterocycles. The predicted octanol–water partition coefficient (Wildman–Crippen LogP) is 5.23. The van der Waals surface area contributed by atoms with E-state index < -0.39 is 6.09 Å². The molecular formula is C28H34N4O3S. The molecule has 1 saturated heterocycles. The second-order valence-electron chi connectivity index (χ2n) is 9.00. The van der Waals surface area contributed by atoms with Gasteiger partial charge in [-0.2, -0.15) is 11.3 Å². The summed E-state index contributed by atoms with van der Waals surface area (Å²) in [6.45, 7) is 10.00.